The molecule has 1 aromatic rings. The van der Waals surface area contributed by atoms with Gasteiger partial charge in [0.1, 0.15) is 12.0 Å². The van der Waals surface area contributed by atoms with Gasteiger partial charge in [-0.3, -0.25) is 4.90 Å². The fraction of sp³-hybridized carbons (Fsp3) is 0.471. The normalized spacial score (nSPS) is 19.7. The van der Waals surface area contributed by atoms with Gasteiger partial charge in [0.05, 0.1) is 0 Å². The molecule has 6 heteroatoms. The van der Waals surface area contributed by atoms with Gasteiger partial charge in [0.15, 0.2) is 0 Å². The number of amides is 1. The highest BCUT2D eigenvalue weighted by Gasteiger charge is 2.26. The minimum Gasteiger partial charge on any atom is -0.465 e. The Balaban J connectivity index is 1.61. The zero-order valence-electron chi connectivity index (χ0n) is 13.1. The molecule has 0 bridgehead atoms. The molecule has 2 aliphatic heterocycles. The zero-order valence-corrected chi connectivity index (χ0v) is 13.1. The van der Waals surface area contributed by atoms with Crippen molar-refractivity contribution in [1.82, 2.24) is 9.80 Å². The predicted molar refractivity (Wildman–Crippen MR) is 84.8 cm³/mol. The van der Waals surface area contributed by atoms with E-state index in [0.717, 1.165) is 31.8 Å². The third-order valence-corrected chi connectivity index (χ3v) is 4.34. The Labute approximate surface area is 135 Å². The molecular weight excluding hydrogens is 296 g/mol. The first kappa shape index (κ1) is 15.7. The van der Waals surface area contributed by atoms with Gasteiger partial charge >= 0.3 is 6.09 Å². The van der Waals surface area contributed by atoms with E-state index in [1.807, 2.05) is 18.2 Å². The van der Waals surface area contributed by atoms with Crippen LogP contribution in [0.3, 0.4) is 0 Å². The molecule has 2 aliphatic rings. The molecule has 1 unspecified atom stereocenters. The summed E-state index contributed by atoms with van der Waals surface area (Å²) in [6, 6.07) is 10.3. The quantitative estimate of drug-likeness (QED) is 0.899. The number of ether oxygens (including phenoxy) is 2. The predicted octanol–water partition coefficient (Wildman–Crippen LogP) is 1.99. The molecule has 124 valence electrons. The Bertz CT molecular complexity index is 553. The fourth-order valence-corrected chi connectivity index (χ4v) is 3.05. The van der Waals surface area contributed by atoms with Crippen LogP contribution in [0.2, 0.25) is 0 Å². The smallest absolute Gasteiger partial charge is 0.407 e. The van der Waals surface area contributed by atoms with Crippen molar-refractivity contribution in [2.24, 2.45) is 5.92 Å². The molecule has 0 spiro atoms. The molecule has 1 atom stereocenters. The van der Waals surface area contributed by atoms with Gasteiger partial charge in [0.25, 0.3) is 0 Å². The molecule has 3 rings (SSSR count). The van der Waals surface area contributed by atoms with E-state index >= 15 is 0 Å². The average Bonchev–Trinajstić information content (AvgIpc) is 3.10. The van der Waals surface area contributed by atoms with E-state index in [1.54, 1.807) is 6.26 Å². The summed E-state index contributed by atoms with van der Waals surface area (Å²) >= 11 is 0. The molecule has 1 amide bonds. The van der Waals surface area contributed by atoms with Gasteiger partial charge in [-0.1, -0.05) is 30.3 Å². The van der Waals surface area contributed by atoms with Crippen molar-refractivity contribution in [3.05, 3.63) is 47.9 Å². The van der Waals surface area contributed by atoms with E-state index in [0.29, 0.717) is 13.1 Å². The van der Waals surface area contributed by atoms with Crippen LogP contribution < -0.4 is 0 Å². The number of rotatable bonds is 5. The monoisotopic (exact) mass is 318 g/mol. The highest BCUT2D eigenvalue weighted by Crippen LogP contribution is 2.23. The second-order valence-corrected chi connectivity index (χ2v) is 5.91. The SMILES string of the molecule is O=C(O)N1CCN(CC(Cc2ccccc2)C2=COCO2)CC1. The van der Waals surface area contributed by atoms with Crippen molar-refractivity contribution in [2.45, 2.75) is 6.42 Å². The Morgan fingerprint density at radius 2 is 1.91 bits per heavy atom. The lowest BCUT2D eigenvalue weighted by atomic mass is 9.96. The van der Waals surface area contributed by atoms with Gasteiger partial charge < -0.3 is 19.5 Å². The summed E-state index contributed by atoms with van der Waals surface area (Å²) in [6.07, 6.45) is 1.76. The standard InChI is InChI=1S/C17H22N2O4/c20-17(21)19-8-6-18(7-9-19)11-15(16-12-22-13-23-16)10-14-4-2-1-3-5-14/h1-5,12,15H,6-11,13H2,(H,20,21). The maximum Gasteiger partial charge on any atom is 0.407 e. The van der Waals surface area contributed by atoms with Crippen molar-refractivity contribution in [1.29, 1.82) is 0 Å². The second kappa shape index (κ2) is 7.37. The molecule has 2 heterocycles. The Kier molecular flexibility index (Phi) is 5.02. The lowest BCUT2D eigenvalue weighted by molar-refractivity contribution is 0.0606. The molecule has 0 radical (unpaired) electrons. The molecule has 0 saturated carbocycles. The summed E-state index contributed by atoms with van der Waals surface area (Å²) in [4.78, 5) is 14.8. The fourth-order valence-electron chi connectivity index (χ4n) is 3.05. The maximum absolute atomic E-state index is 11.0. The first-order valence-corrected chi connectivity index (χ1v) is 7.91. The summed E-state index contributed by atoms with van der Waals surface area (Å²) in [5, 5.41) is 9.04. The minimum atomic E-state index is -0.833. The summed E-state index contributed by atoms with van der Waals surface area (Å²) in [5.41, 5.74) is 1.26. The van der Waals surface area contributed by atoms with Crippen molar-refractivity contribution < 1.29 is 19.4 Å². The second-order valence-electron chi connectivity index (χ2n) is 5.91. The Hall–Kier alpha value is -2.21. The third kappa shape index (κ3) is 4.16. The van der Waals surface area contributed by atoms with Gasteiger partial charge in [-0.05, 0) is 12.0 Å². The third-order valence-electron chi connectivity index (χ3n) is 4.34. The average molecular weight is 318 g/mol. The number of hydrogen-bond donors (Lipinski definition) is 1. The van der Waals surface area contributed by atoms with E-state index in [1.165, 1.54) is 10.5 Å². The van der Waals surface area contributed by atoms with Crippen molar-refractivity contribution in [3.63, 3.8) is 0 Å². The number of carboxylic acid groups (broad SMARTS) is 1. The van der Waals surface area contributed by atoms with E-state index in [9.17, 15) is 4.79 Å². The van der Waals surface area contributed by atoms with Crippen LogP contribution in [-0.4, -0.2) is 60.5 Å². The van der Waals surface area contributed by atoms with Crippen LogP contribution >= 0.6 is 0 Å². The highest BCUT2D eigenvalue weighted by molar-refractivity contribution is 5.65. The van der Waals surface area contributed by atoms with Crippen LogP contribution in [0, 0.1) is 5.92 Å². The van der Waals surface area contributed by atoms with Gasteiger partial charge in [-0.25, -0.2) is 4.79 Å². The highest BCUT2D eigenvalue weighted by atomic mass is 16.7. The maximum atomic E-state index is 11.0. The van der Waals surface area contributed by atoms with E-state index in [4.69, 9.17) is 14.6 Å². The van der Waals surface area contributed by atoms with Gasteiger partial charge in [0.2, 0.25) is 6.79 Å². The summed E-state index contributed by atoms with van der Waals surface area (Å²) in [5.74, 6) is 1.10. The van der Waals surface area contributed by atoms with E-state index < -0.39 is 6.09 Å². The summed E-state index contributed by atoms with van der Waals surface area (Å²) < 4.78 is 10.8. The molecule has 1 saturated heterocycles. The van der Waals surface area contributed by atoms with Crippen molar-refractivity contribution >= 4 is 6.09 Å². The first-order chi connectivity index (χ1) is 11.2. The summed E-state index contributed by atoms with van der Waals surface area (Å²) in [7, 11) is 0. The first-order valence-electron chi connectivity index (χ1n) is 7.91. The number of nitrogens with zero attached hydrogens (tertiary/aromatic N) is 2. The van der Waals surface area contributed by atoms with Crippen LogP contribution in [0.15, 0.2) is 42.4 Å². The van der Waals surface area contributed by atoms with Gasteiger partial charge in [0, 0.05) is 38.6 Å². The zero-order chi connectivity index (χ0) is 16.1. The van der Waals surface area contributed by atoms with Crippen LogP contribution in [0.5, 0.6) is 0 Å². The van der Waals surface area contributed by atoms with Gasteiger partial charge in [-0.15, -0.1) is 0 Å². The largest absolute Gasteiger partial charge is 0.465 e. The van der Waals surface area contributed by atoms with Crippen molar-refractivity contribution in [2.75, 3.05) is 39.5 Å². The molecule has 1 fully saturated rings. The van der Waals surface area contributed by atoms with E-state index in [2.05, 4.69) is 17.0 Å². The molecule has 0 aliphatic carbocycles. The topological polar surface area (TPSA) is 62.2 Å². The molecule has 1 aromatic carbocycles. The number of benzene rings is 1. The summed E-state index contributed by atoms with van der Waals surface area (Å²) in [6.45, 7) is 3.76. The number of hydrogen-bond acceptors (Lipinski definition) is 4. The minimum absolute atomic E-state index is 0.219. The Morgan fingerprint density at radius 3 is 2.52 bits per heavy atom. The van der Waals surface area contributed by atoms with Crippen LogP contribution in [0.4, 0.5) is 4.79 Å². The van der Waals surface area contributed by atoms with Crippen LogP contribution in [0.25, 0.3) is 0 Å². The number of carbonyl (C=O) groups is 1. The van der Waals surface area contributed by atoms with Crippen molar-refractivity contribution in [3.8, 4) is 0 Å². The molecular formula is C17H22N2O4. The lowest BCUT2D eigenvalue weighted by Crippen LogP contribution is -2.49. The van der Waals surface area contributed by atoms with E-state index in [-0.39, 0.29) is 12.7 Å². The number of piperazine rings is 1. The molecule has 1 N–H and O–H groups in total. The van der Waals surface area contributed by atoms with Crippen LogP contribution in [0.1, 0.15) is 5.56 Å². The molecule has 23 heavy (non-hydrogen) atoms. The molecule has 6 nitrogen and oxygen atoms in total. The van der Waals surface area contributed by atoms with Crippen LogP contribution in [-0.2, 0) is 15.9 Å². The Morgan fingerprint density at radius 1 is 1.17 bits per heavy atom. The van der Waals surface area contributed by atoms with Gasteiger partial charge in [-0.2, -0.15) is 0 Å². The lowest BCUT2D eigenvalue weighted by Gasteiger charge is -2.35. The molecule has 0 aromatic heterocycles.